The van der Waals surface area contributed by atoms with Gasteiger partial charge < -0.3 is 35.5 Å². The van der Waals surface area contributed by atoms with Crippen LogP contribution in [0.4, 0.5) is 19.3 Å². The van der Waals surface area contributed by atoms with Crippen LogP contribution in [0.3, 0.4) is 0 Å². The van der Waals surface area contributed by atoms with Crippen LogP contribution in [-0.4, -0.2) is 39.1 Å². The highest BCUT2D eigenvalue weighted by molar-refractivity contribution is 5.92. The number of halogens is 2. The van der Waals surface area contributed by atoms with Crippen LogP contribution in [0.15, 0.2) is 41.2 Å². The van der Waals surface area contributed by atoms with Crippen LogP contribution in [0.5, 0.6) is 5.75 Å². The number of esters is 1. The van der Waals surface area contributed by atoms with Crippen molar-refractivity contribution in [1.29, 1.82) is 0 Å². The zero-order valence-electron chi connectivity index (χ0n) is 28.5. The molecule has 268 valence electrons. The lowest BCUT2D eigenvalue weighted by Gasteiger charge is -2.31. The number of fused-ring (bicyclic) bond motifs is 5. The number of rotatable bonds is 12. The van der Waals surface area contributed by atoms with Crippen molar-refractivity contribution in [2.24, 2.45) is 11.7 Å². The zero-order chi connectivity index (χ0) is 36.6. The van der Waals surface area contributed by atoms with Crippen LogP contribution in [-0.2, 0) is 46.1 Å². The first-order chi connectivity index (χ1) is 24.4. The number of aryl methyl sites for hydroxylation is 1. The number of ether oxygens (including phenoxy) is 2. The summed E-state index contributed by atoms with van der Waals surface area (Å²) in [4.78, 5) is 54.3. The van der Waals surface area contributed by atoms with E-state index in [1.807, 2.05) is 6.92 Å². The van der Waals surface area contributed by atoms with Gasteiger partial charge in [-0.25, -0.2) is 23.4 Å². The molecule has 2 aromatic heterocycles. The summed E-state index contributed by atoms with van der Waals surface area (Å²) in [7, 11) is 0. The SMILES string of the molecule is CCc1c2c(nc3ccc(OCc4c(F)cc(NC(=O)[C@@H](C)CCCCNC(N)=O)cc4F)cc13)-c1cc3c(c(=O)n1C2)COC(=O)[C@]3(O)CC. The van der Waals surface area contributed by atoms with Crippen LogP contribution < -0.4 is 26.7 Å². The second-order valence-electron chi connectivity index (χ2n) is 12.9. The van der Waals surface area contributed by atoms with E-state index in [0.717, 1.165) is 28.6 Å². The van der Waals surface area contributed by atoms with Crippen LogP contribution in [0.1, 0.15) is 74.3 Å². The first-order valence-corrected chi connectivity index (χ1v) is 16.9. The molecule has 2 aromatic carbocycles. The Morgan fingerprint density at radius 3 is 2.53 bits per heavy atom. The predicted octanol–water partition coefficient (Wildman–Crippen LogP) is 4.91. The second kappa shape index (κ2) is 14.1. The molecule has 51 heavy (non-hydrogen) atoms. The van der Waals surface area contributed by atoms with Crippen molar-refractivity contribution >= 4 is 34.5 Å². The summed E-state index contributed by atoms with van der Waals surface area (Å²) in [6.45, 7) is 5.32. The molecule has 0 saturated heterocycles. The normalized spacial score (nSPS) is 16.5. The molecular formula is C37H39F2N5O7. The topological polar surface area (TPSA) is 175 Å². The van der Waals surface area contributed by atoms with E-state index in [-0.39, 0.29) is 53.4 Å². The molecule has 3 amide bonds. The monoisotopic (exact) mass is 703 g/mol. The van der Waals surface area contributed by atoms with Gasteiger partial charge >= 0.3 is 12.0 Å². The van der Waals surface area contributed by atoms with Crippen molar-refractivity contribution in [2.75, 3.05) is 11.9 Å². The number of unbranched alkanes of at least 4 members (excludes halogenated alkanes) is 1. The van der Waals surface area contributed by atoms with Gasteiger partial charge in [0, 0.05) is 34.7 Å². The molecule has 0 aliphatic carbocycles. The Balaban J connectivity index is 1.19. The Morgan fingerprint density at radius 1 is 1.10 bits per heavy atom. The van der Waals surface area contributed by atoms with Gasteiger partial charge in [0.15, 0.2) is 5.60 Å². The minimum Gasteiger partial charge on any atom is -0.489 e. The molecule has 2 aliphatic heterocycles. The molecule has 2 aliphatic rings. The van der Waals surface area contributed by atoms with Crippen LogP contribution >= 0.6 is 0 Å². The molecule has 0 fully saturated rings. The predicted molar refractivity (Wildman–Crippen MR) is 184 cm³/mol. The van der Waals surface area contributed by atoms with E-state index in [9.17, 15) is 24.3 Å². The average Bonchev–Trinajstić information content (AvgIpc) is 3.46. The molecule has 12 nitrogen and oxygen atoms in total. The van der Waals surface area contributed by atoms with Gasteiger partial charge in [-0.2, -0.15) is 0 Å². The molecular weight excluding hydrogens is 664 g/mol. The number of carbonyl (C=O) groups excluding carboxylic acids is 3. The Morgan fingerprint density at radius 2 is 1.84 bits per heavy atom. The Kier molecular flexibility index (Phi) is 9.80. The van der Waals surface area contributed by atoms with Gasteiger partial charge in [0.25, 0.3) is 5.56 Å². The van der Waals surface area contributed by atoms with E-state index >= 15 is 8.78 Å². The maximum Gasteiger partial charge on any atom is 0.343 e. The fraction of sp³-hybridized carbons (Fsp3) is 0.378. The molecule has 2 atom stereocenters. The van der Waals surface area contributed by atoms with Crippen molar-refractivity contribution < 1.29 is 37.7 Å². The number of cyclic esters (lactones) is 1. The molecule has 0 unspecified atom stereocenters. The number of amides is 3. The van der Waals surface area contributed by atoms with E-state index in [4.69, 9.17) is 20.2 Å². The lowest BCUT2D eigenvalue weighted by Crippen LogP contribution is -2.44. The molecule has 0 saturated carbocycles. The highest BCUT2D eigenvalue weighted by Crippen LogP contribution is 2.41. The Labute approximate surface area is 292 Å². The molecule has 14 heteroatoms. The number of aromatic nitrogens is 2. The standard InChI is InChI=1S/C37H39F2N5O7/c1-4-22-23-14-21(50-18-26-28(38)12-20(13-29(26)39)42-33(45)19(3)8-6-7-11-41-36(40)48)9-10-30(23)43-32-24(22)16-44-31(32)15-27-25(34(44)46)17-51-35(47)37(27,49)5-2/h9-10,12-15,19,49H,4-8,11,16-18H2,1-3H3,(H,42,45)(H3,40,41,48)/t19-,37-/m0/s1. The first kappa shape index (κ1) is 35.5. The highest BCUT2D eigenvalue weighted by atomic mass is 19.1. The van der Waals surface area contributed by atoms with Gasteiger partial charge in [-0.1, -0.05) is 27.2 Å². The summed E-state index contributed by atoms with van der Waals surface area (Å²) in [5.74, 6) is -3.01. The largest absolute Gasteiger partial charge is 0.489 e. The van der Waals surface area contributed by atoms with Crippen molar-refractivity contribution in [3.63, 3.8) is 0 Å². The summed E-state index contributed by atoms with van der Waals surface area (Å²) in [6, 6.07) is 8.26. The van der Waals surface area contributed by atoms with E-state index < -0.39 is 41.8 Å². The van der Waals surface area contributed by atoms with Crippen molar-refractivity contribution in [3.05, 3.63) is 86.2 Å². The van der Waals surface area contributed by atoms with Crippen molar-refractivity contribution in [3.8, 4) is 17.1 Å². The number of aliphatic hydroxyl groups is 1. The van der Waals surface area contributed by atoms with Gasteiger partial charge in [-0.05, 0) is 67.6 Å². The van der Waals surface area contributed by atoms with Crippen LogP contribution in [0, 0.1) is 17.6 Å². The number of hydrogen-bond donors (Lipinski definition) is 4. The molecule has 6 rings (SSSR count). The quantitative estimate of drug-likeness (QED) is 0.105. The number of anilines is 1. The number of hydrogen-bond acceptors (Lipinski definition) is 8. The van der Waals surface area contributed by atoms with Crippen LogP contribution in [0.25, 0.3) is 22.3 Å². The number of nitrogens with two attached hydrogens (primary N) is 1. The van der Waals surface area contributed by atoms with Gasteiger partial charge in [0.1, 0.15) is 30.6 Å². The number of nitrogens with zero attached hydrogens (tertiary/aromatic N) is 2. The fourth-order valence-corrected chi connectivity index (χ4v) is 6.79. The van der Waals surface area contributed by atoms with Crippen molar-refractivity contribution in [1.82, 2.24) is 14.9 Å². The molecule has 4 aromatic rings. The second-order valence-corrected chi connectivity index (χ2v) is 12.9. The third-order valence-electron chi connectivity index (χ3n) is 9.73. The van der Waals surface area contributed by atoms with E-state index in [0.29, 0.717) is 54.9 Å². The van der Waals surface area contributed by atoms with Gasteiger partial charge in [-0.15, -0.1) is 0 Å². The number of pyridine rings is 2. The van der Waals surface area contributed by atoms with E-state index in [1.54, 1.807) is 42.7 Å². The lowest BCUT2D eigenvalue weighted by molar-refractivity contribution is -0.172. The summed E-state index contributed by atoms with van der Waals surface area (Å²) >= 11 is 0. The van der Waals surface area contributed by atoms with E-state index in [2.05, 4.69) is 10.6 Å². The van der Waals surface area contributed by atoms with Crippen molar-refractivity contribution in [2.45, 2.75) is 78.2 Å². The summed E-state index contributed by atoms with van der Waals surface area (Å²) in [6.07, 6.45) is 2.42. The maximum absolute atomic E-state index is 15.1. The third kappa shape index (κ3) is 6.63. The minimum absolute atomic E-state index is 0.0151. The smallest absolute Gasteiger partial charge is 0.343 e. The molecule has 4 heterocycles. The fourth-order valence-electron chi connectivity index (χ4n) is 6.79. The number of benzene rings is 2. The molecule has 0 bridgehead atoms. The highest BCUT2D eigenvalue weighted by Gasteiger charge is 2.45. The minimum atomic E-state index is -1.93. The molecule has 0 radical (unpaired) electrons. The van der Waals surface area contributed by atoms with Gasteiger partial charge in [0.05, 0.1) is 34.6 Å². The number of nitrogens with one attached hydrogen (secondary N) is 2. The lowest BCUT2D eigenvalue weighted by atomic mass is 9.86. The molecule has 0 spiro atoms. The Bertz CT molecular complexity index is 2110. The summed E-state index contributed by atoms with van der Waals surface area (Å²) in [5, 5.41) is 17.0. The van der Waals surface area contributed by atoms with E-state index in [1.165, 1.54) is 0 Å². The van der Waals surface area contributed by atoms with Crippen LogP contribution in [0.2, 0.25) is 0 Å². The number of primary amides is 1. The first-order valence-electron chi connectivity index (χ1n) is 16.9. The third-order valence-corrected chi connectivity index (χ3v) is 9.73. The molecule has 5 N–H and O–H groups in total. The number of urea groups is 1. The maximum atomic E-state index is 15.1. The Hall–Kier alpha value is -5.37. The zero-order valence-corrected chi connectivity index (χ0v) is 28.5. The number of carbonyl (C=O) groups is 3. The van der Waals surface area contributed by atoms with Gasteiger partial charge in [0.2, 0.25) is 5.91 Å². The average molecular weight is 704 g/mol. The summed E-state index contributed by atoms with van der Waals surface area (Å²) < 4.78 is 42.8. The summed E-state index contributed by atoms with van der Waals surface area (Å²) in [5.41, 5.74) is 6.32. The van der Waals surface area contributed by atoms with Gasteiger partial charge in [-0.3, -0.25) is 9.59 Å².